The summed E-state index contributed by atoms with van der Waals surface area (Å²) < 4.78 is 6.70. The molecule has 0 radical (unpaired) electrons. The molecule has 1 aromatic rings. The van der Waals surface area contributed by atoms with Gasteiger partial charge in [-0.2, -0.15) is 5.10 Å². The van der Waals surface area contributed by atoms with Crippen molar-refractivity contribution in [3.63, 3.8) is 0 Å². The van der Waals surface area contributed by atoms with E-state index in [0.29, 0.717) is 13.2 Å². The van der Waals surface area contributed by atoms with Crippen molar-refractivity contribution in [1.29, 1.82) is 0 Å². The molecule has 0 saturated carbocycles. The van der Waals surface area contributed by atoms with Gasteiger partial charge in [-0.3, -0.25) is 14.8 Å². The van der Waals surface area contributed by atoms with Crippen LogP contribution in [0.25, 0.3) is 0 Å². The first-order chi connectivity index (χ1) is 8.29. The summed E-state index contributed by atoms with van der Waals surface area (Å²) in [5.41, 5.74) is 0.727. The second kappa shape index (κ2) is 6.04. The Kier molecular flexibility index (Phi) is 4.41. The molecule has 0 spiro atoms. The van der Waals surface area contributed by atoms with Crippen LogP contribution in [0.5, 0.6) is 0 Å². The van der Waals surface area contributed by atoms with Crippen LogP contribution in [0, 0.1) is 0 Å². The standard InChI is InChI=1S/C10H16N4O2S/c1-16-3-2-14-5-8(4-12-14)13-10(15)9-6-17-7-11-9/h4-5,9,11H,2-3,6-7H2,1H3,(H,13,15). The first-order valence-electron chi connectivity index (χ1n) is 5.43. The van der Waals surface area contributed by atoms with Gasteiger partial charge in [0.05, 0.1) is 31.1 Å². The van der Waals surface area contributed by atoms with E-state index < -0.39 is 0 Å². The lowest BCUT2D eigenvalue weighted by atomic mass is 10.3. The normalized spacial score (nSPS) is 19.5. The molecule has 0 bridgehead atoms. The number of hydrogen-bond donors (Lipinski definition) is 2. The van der Waals surface area contributed by atoms with Crippen LogP contribution in [0.3, 0.4) is 0 Å². The first kappa shape index (κ1) is 12.4. The molecule has 6 nitrogen and oxygen atoms in total. The lowest BCUT2D eigenvalue weighted by molar-refractivity contribution is -0.117. The number of carbonyl (C=O) groups excluding carboxylic acids is 1. The minimum atomic E-state index is -0.0951. The van der Waals surface area contributed by atoms with Crippen LogP contribution < -0.4 is 10.6 Å². The Bertz CT molecular complexity index is 376. The number of carbonyl (C=O) groups is 1. The Hall–Kier alpha value is -1.05. The number of hydrogen-bond acceptors (Lipinski definition) is 5. The number of nitrogens with zero attached hydrogens (tertiary/aromatic N) is 2. The fraction of sp³-hybridized carbons (Fsp3) is 0.600. The molecule has 94 valence electrons. The van der Waals surface area contributed by atoms with Crippen LogP contribution in [0.15, 0.2) is 12.4 Å². The predicted molar refractivity (Wildman–Crippen MR) is 67.0 cm³/mol. The van der Waals surface area contributed by atoms with Crippen molar-refractivity contribution >= 4 is 23.4 Å². The molecule has 1 saturated heterocycles. The fourth-order valence-corrected chi connectivity index (χ4v) is 2.47. The van der Waals surface area contributed by atoms with Gasteiger partial charge in [0.2, 0.25) is 5.91 Å². The molecular weight excluding hydrogens is 240 g/mol. The van der Waals surface area contributed by atoms with E-state index in [4.69, 9.17) is 4.74 Å². The Morgan fingerprint density at radius 1 is 1.82 bits per heavy atom. The van der Waals surface area contributed by atoms with Gasteiger partial charge in [-0.05, 0) is 0 Å². The van der Waals surface area contributed by atoms with Gasteiger partial charge in [0.25, 0.3) is 0 Å². The molecule has 7 heteroatoms. The molecule has 2 rings (SSSR count). The molecule has 0 aliphatic carbocycles. The molecule has 1 unspecified atom stereocenters. The van der Waals surface area contributed by atoms with Crippen LogP contribution in [0.1, 0.15) is 0 Å². The summed E-state index contributed by atoms with van der Waals surface area (Å²) in [7, 11) is 1.65. The van der Waals surface area contributed by atoms with Crippen LogP contribution in [0.2, 0.25) is 0 Å². The zero-order valence-electron chi connectivity index (χ0n) is 9.68. The van der Waals surface area contributed by atoms with Gasteiger partial charge in [-0.25, -0.2) is 0 Å². The number of ether oxygens (including phenoxy) is 1. The SMILES string of the molecule is COCCn1cc(NC(=O)C2CSCN2)cn1. The van der Waals surface area contributed by atoms with E-state index in [-0.39, 0.29) is 11.9 Å². The highest BCUT2D eigenvalue weighted by Gasteiger charge is 2.22. The quantitative estimate of drug-likeness (QED) is 0.784. The second-order valence-electron chi connectivity index (χ2n) is 3.75. The molecule has 0 aromatic carbocycles. The topological polar surface area (TPSA) is 68.2 Å². The van der Waals surface area contributed by atoms with Crippen molar-refractivity contribution in [1.82, 2.24) is 15.1 Å². The van der Waals surface area contributed by atoms with E-state index in [0.717, 1.165) is 17.3 Å². The third kappa shape index (κ3) is 3.45. The second-order valence-corrected chi connectivity index (χ2v) is 4.78. The lowest BCUT2D eigenvalue weighted by Gasteiger charge is -2.08. The number of methoxy groups -OCH3 is 1. The van der Waals surface area contributed by atoms with Gasteiger partial charge in [0, 0.05) is 24.9 Å². The smallest absolute Gasteiger partial charge is 0.242 e. The number of rotatable bonds is 5. The van der Waals surface area contributed by atoms with Crippen LogP contribution in [-0.4, -0.2) is 47.1 Å². The maximum absolute atomic E-state index is 11.8. The zero-order chi connectivity index (χ0) is 12.1. The van der Waals surface area contributed by atoms with E-state index in [1.54, 1.807) is 35.9 Å². The van der Waals surface area contributed by atoms with Crippen molar-refractivity contribution in [2.24, 2.45) is 0 Å². The monoisotopic (exact) mass is 256 g/mol. The Morgan fingerprint density at radius 2 is 2.71 bits per heavy atom. The van der Waals surface area contributed by atoms with Crippen molar-refractivity contribution < 1.29 is 9.53 Å². The molecule has 1 aliphatic rings. The highest BCUT2D eigenvalue weighted by atomic mass is 32.2. The molecule has 1 atom stereocenters. The Balaban J connectivity index is 1.85. The highest BCUT2D eigenvalue weighted by molar-refractivity contribution is 7.99. The zero-order valence-corrected chi connectivity index (χ0v) is 10.5. The van der Waals surface area contributed by atoms with Gasteiger partial charge in [-0.15, -0.1) is 11.8 Å². The van der Waals surface area contributed by atoms with Crippen molar-refractivity contribution in [2.45, 2.75) is 12.6 Å². The highest BCUT2D eigenvalue weighted by Crippen LogP contribution is 2.12. The molecular formula is C10H16N4O2S. The van der Waals surface area contributed by atoms with Crippen LogP contribution in [-0.2, 0) is 16.1 Å². The van der Waals surface area contributed by atoms with Gasteiger partial charge >= 0.3 is 0 Å². The minimum absolute atomic E-state index is 0.00120. The number of amides is 1. The van der Waals surface area contributed by atoms with Crippen LogP contribution in [0.4, 0.5) is 5.69 Å². The number of aromatic nitrogens is 2. The Morgan fingerprint density at radius 3 is 3.41 bits per heavy atom. The largest absolute Gasteiger partial charge is 0.383 e. The lowest BCUT2D eigenvalue weighted by Crippen LogP contribution is -2.37. The minimum Gasteiger partial charge on any atom is -0.383 e. The molecule has 1 fully saturated rings. The van der Waals surface area contributed by atoms with Crippen molar-refractivity contribution in [3.8, 4) is 0 Å². The summed E-state index contributed by atoms with van der Waals surface area (Å²) in [4.78, 5) is 11.8. The third-order valence-corrected chi connectivity index (χ3v) is 3.40. The van der Waals surface area contributed by atoms with Gasteiger partial charge in [0.15, 0.2) is 0 Å². The summed E-state index contributed by atoms with van der Waals surface area (Å²) in [6.45, 7) is 1.29. The number of nitrogens with one attached hydrogen (secondary N) is 2. The average Bonchev–Trinajstić information content (AvgIpc) is 2.97. The summed E-state index contributed by atoms with van der Waals surface area (Å²) in [6, 6.07) is -0.0951. The molecule has 2 heterocycles. The van der Waals surface area contributed by atoms with Crippen molar-refractivity contribution in [3.05, 3.63) is 12.4 Å². The van der Waals surface area contributed by atoms with Gasteiger partial charge in [0.1, 0.15) is 0 Å². The van der Waals surface area contributed by atoms with E-state index in [9.17, 15) is 4.79 Å². The first-order valence-corrected chi connectivity index (χ1v) is 6.58. The van der Waals surface area contributed by atoms with E-state index in [1.165, 1.54) is 0 Å². The summed E-state index contributed by atoms with van der Waals surface area (Å²) in [5.74, 6) is 1.66. The number of anilines is 1. The van der Waals surface area contributed by atoms with Crippen molar-refractivity contribution in [2.75, 3.05) is 30.7 Å². The van der Waals surface area contributed by atoms with E-state index in [2.05, 4.69) is 15.7 Å². The summed E-state index contributed by atoms with van der Waals surface area (Å²) in [6.07, 6.45) is 3.45. The van der Waals surface area contributed by atoms with E-state index >= 15 is 0 Å². The molecule has 17 heavy (non-hydrogen) atoms. The summed E-state index contributed by atoms with van der Waals surface area (Å²) in [5, 5.41) is 10.1. The average molecular weight is 256 g/mol. The molecule has 1 aromatic heterocycles. The van der Waals surface area contributed by atoms with Gasteiger partial charge < -0.3 is 10.1 Å². The number of thioether (sulfide) groups is 1. The Labute approximate surface area is 104 Å². The predicted octanol–water partition coefficient (Wildman–Crippen LogP) is 0.130. The van der Waals surface area contributed by atoms with Gasteiger partial charge in [-0.1, -0.05) is 0 Å². The van der Waals surface area contributed by atoms with E-state index in [1.807, 2.05) is 0 Å². The maximum Gasteiger partial charge on any atom is 0.242 e. The molecule has 1 aliphatic heterocycles. The maximum atomic E-state index is 11.8. The summed E-state index contributed by atoms with van der Waals surface area (Å²) >= 11 is 1.73. The fourth-order valence-electron chi connectivity index (χ4n) is 1.53. The van der Waals surface area contributed by atoms with Crippen LogP contribution >= 0.6 is 11.8 Å². The molecule has 1 amide bonds. The third-order valence-electron chi connectivity index (χ3n) is 2.46. The molecule has 2 N–H and O–H groups in total.